The van der Waals surface area contributed by atoms with Crippen molar-refractivity contribution in [1.82, 2.24) is 0 Å². The number of carbonyl (C=O) groups excluding carboxylic acids is 1. The number of nitrogens with two attached hydrogens (primary N) is 1. The van der Waals surface area contributed by atoms with E-state index in [0.717, 1.165) is 6.08 Å². The molecule has 3 N–H and O–H groups in total. The van der Waals surface area contributed by atoms with Gasteiger partial charge in [0.25, 0.3) is 0 Å². The highest BCUT2D eigenvalue weighted by molar-refractivity contribution is 9.10. The summed E-state index contributed by atoms with van der Waals surface area (Å²) in [5.41, 5.74) is 0.470. The molecule has 0 bridgehead atoms. The molecule has 0 spiro atoms. The molecular formula is C16H13BrF2N2O4S. The van der Waals surface area contributed by atoms with E-state index < -0.39 is 22.5 Å². The van der Waals surface area contributed by atoms with Gasteiger partial charge in [-0.25, -0.2) is 13.6 Å². The summed E-state index contributed by atoms with van der Waals surface area (Å²) in [7, 11) is -3.90. The Morgan fingerprint density at radius 2 is 1.96 bits per heavy atom. The molecule has 0 heterocycles. The van der Waals surface area contributed by atoms with Crippen molar-refractivity contribution in [2.24, 2.45) is 5.14 Å². The molecule has 0 atom stereocenters. The van der Waals surface area contributed by atoms with Gasteiger partial charge in [-0.15, -0.1) is 0 Å². The number of nitrogens with one attached hydrogen (secondary N) is 1. The summed E-state index contributed by atoms with van der Waals surface area (Å²) in [6.07, 6.45) is 2.39. The Labute approximate surface area is 156 Å². The number of carbonyl (C=O) groups is 1. The second-order valence-electron chi connectivity index (χ2n) is 4.96. The van der Waals surface area contributed by atoms with Crippen LogP contribution in [0.2, 0.25) is 0 Å². The fourth-order valence-corrected chi connectivity index (χ4v) is 2.89. The number of ether oxygens (including phenoxy) is 1. The topological polar surface area (TPSA) is 98.5 Å². The molecule has 0 unspecified atom stereocenters. The Kier molecular flexibility index (Phi) is 6.46. The first-order valence-corrected chi connectivity index (χ1v) is 9.35. The number of anilines is 1. The lowest BCUT2D eigenvalue weighted by atomic mass is 10.2. The van der Waals surface area contributed by atoms with E-state index in [9.17, 15) is 22.0 Å². The highest BCUT2D eigenvalue weighted by Crippen LogP contribution is 2.26. The third-order valence-corrected chi connectivity index (χ3v) is 4.44. The largest absolute Gasteiger partial charge is 0.434 e. The zero-order valence-corrected chi connectivity index (χ0v) is 15.4. The van der Waals surface area contributed by atoms with E-state index >= 15 is 0 Å². The number of benzene rings is 2. The Bertz CT molecular complexity index is 949. The number of primary sulfonamides is 1. The predicted molar refractivity (Wildman–Crippen MR) is 96.3 cm³/mol. The molecule has 138 valence electrons. The Morgan fingerprint density at radius 1 is 1.23 bits per heavy atom. The number of hydrogen-bond acceptors (Lipinski definition) is 4. The van der Waals surface area contributed by atoms with Crippen LogP contribution in [0.15, 0.2) is 57.9 Å². The van der Waals surface area contributed by atoms with E-state index in [0.29, 0.717) is 4.47 Å². The van der Waals surface area contributed by atoms with Crippen molar-refractivity contribution in [2.75, 3.05) is 5.32 Å². The fourth-order valence-electron chi connectivity index (χ4n) is 1.95. The average molecular weight is 447 g/mol. The van der Waals surface area contributed by atoms with E-state index in [1.54, 1.807) is 0 Å². The average Bonchev–Trinajstić information content (AvgIpc) is 2.54. The highest BCUT2D eigenvalue weighted by atomic mass is 79.9. The quantitative estimate of drug-likeness (QED) is 0.664. The normalized spacial score (nSPS) is 11.7. The number of halogens is 3. The molecule has 0 aromatic heterocycles. The van der Waals surface area contributed by atoms with Crippen molar-refractivity contribution < 1.29 is 26.7 Å². The van der Waals surface area contributed by atoms with Crippen LogP contribution in [-0.2, 0) is 14.8 Å². The third kappa shape index (κ3) is 5.90. The number of alkyl halides is 2. The van der Waals surface area contributed by atoms with Crippen molar-refractivity contribution in [3.05, 3.63) is 58.6 Å². The van der Waals surface area contributed by atoms with Crippen LogP contribution in [0, 0.1) is 0 Å². The lowest BCUT2D eigenvalue weighted by molar-refractivity contribution is -0.111. The van der Waals surface area contributed by atoms with Crippen LogP contribution in [0.3, 0.4) is 0 Å². The van der Waals surface area contributed by atoms with Gasteiger partial charge in [0.15, 0.2) is 0 Å². The molecule has 0 saturated carbocycles. The Hall–Kier alpha value is -2.30. The van der Waals surface area contributed by atoms with Crippen LogP contribution < -0.4 is 15.2 Å². The minimum atomic E-state index is -3.90. The van der Waals surface area contributed by atoms with Gasteiger partial charge in [0.05, 0.1) is 4.90 Å². The van der Waals surface area contributed by atoms with Crippen LogP contribution in [0.25, 0.3) is 6.08 Å². The van der Waals surface area contributed by atoms with Crippen LogP contribution >= 0.6 is 15.9 Å². The summed E-state index contributed by atoms with van der Waals surface area (Å²) < 4.78 is 52.5. The van der Waals surface area contributed by atoms with E-state index in [1.807, 2.05) is 0 Å². The number of rotatable bonds is 6. The summed E-state index contributed by atoms with van der Waals surface area (Å²) in [4.78, 5) is 11.8. The number of amides is 1. The highest BCUT2D eigenvalue weighted by Gasteiger charge is 2.10. The SMILES string of the molecule is NS(=O)(=O)c1cccc(NC(=O)/C=C/c2cc(Br)ccc2OC(F)F)c1. The second-order valence-corrected chi connectivity index (χ2v) is 7.43. The van der Waals surface area contributed by atoms with Crippen LogP contribution in [0.1, 0.15) is 5.56 Å². The first kappa shape index (κ1) is 20.0. The minimum Gasteiger partial charge on any atom is -0.434 e. The van der Waals surface area contributed by atoms with Crippen LogP contribution in [0.5, 0.6) is 5.75 Å². The smallest absolute Gasteiger partial charge is 0.387 e. The summed E-state index contributed by atoms with van der Waals surface area (Å²) in [6, 6.07) is 9.75. The third-order valence-electron chi connectivity index (χ3n) is 3.03. The van der Waals surface area contributed by atoms with Crippen molar-refractivity contribution >= 4 is 43.6 Å². The Balaban J connectivity index is 2.17. The summed E-state index contributed by atoms with van der Waals surface area (Å²) in [5.74, 6) is -0.692. The predicted octanol–water partition coefficient (Wildman–Crippen LogP) is 3.35. The van der Waals surface area contributed by atoms with Crippen molar-refractivity contribution in [1.29, 1.82) is 0 Å². The number of hydrogen-bond donors (Lipinski definition) is 2. The molecule has 1 amide bonds. The lowest BCUT2D eigenvalue weighted by Gasteiger charge is -2.08. The fraction of sp³-hybridized carbons (Fsp3) is 0.0625. The molecule has 26 heavy (non-hydrogen) atoms. The molecule has 10 heteroatoms. The van der Waals surface area contributed by atoms with E-state index in [2.05, 4.69) is 26.0 Å². The van der Waals surface area contributed by atoms with Gasteiger partial charge in [-0.2, -0.15) is 8.78 Å². The Morgan fingerprint density at radius 3 is 2.62 bits per heavy atom. The summed E-state index contributed by atoms with van der Waals surface area (Å²) >= 11 is 3.20. The molecule has 0 saturated heterocycles. The van der Waals surface area contributed by atoms with Gasteiger partial charge < -0.3 is 10.1 Å². The van der Waals surface area contributed by atoms with Gasteiger partial charge in [0.1, 0.15) is 5.75 Å². The maximum Gasteiger partial charge on any atom is 0.387 e. The van der Waals surface area contributed by atoms with Gasteiger partial charge in [-0.1, -0.05) is 22.0 Å². The first-order valence-electron chi connectivity index (χ1n) is 7.01. The zero-order valence-electron chi connectivity index (χ0n) is 13.0. The molecule has 0 aliphatic carbocycles. The zero-order chi connectivity index (χ0) is 19.3. The van der Waals surface area contributed by atoms with E-state index in [1.165, 1.54) is 48.5 Å². The molecular weight excluding hydrogens is 434 g/mol. The van der Waals surface area contributed by atoms with Crippen molar-refractivity contribution in [3.63, 3.8) is 0 Å². The minimum absolute atomic E-state index is 0.0940. The summed E-state index contributed by atoms with van der Waals surface area (Å²) in [6.45, 7) is -3.00. The van der Waals surface area contributed by atoms with Crippen molar-refractivity contribution in [2.45, 2.75) is 11.5 Å². The first-order chi connectivity index (χ1) is 12.1. The molecule has 0 aliphatic heterocycles. The number of sulfonamides is 1. The molecule has 0 aliphatic rings. The lowest BCUT2D eigenvalue weighted by Crippen LogP contribution is -2.13. The maximum atomic E-state index is 12.4. The standard InChI is InChI=1S/C16H13BrF2N2O4S/c17-11-5-6-14(25-16(18)19)10(8-11)4-7-15(22)21-12-2-1-3-13(9-12)26(20,23)24/h1-9,16H,(H,21,22)(H2,20,23,24)/b7-4+. The van der Waals surface area contributed by atoms with E-state index in [4.69, 9.17) is 5.14 Å². The monoisotopic (exact) mass is 446 g/mol. The van der Waals surface area contributed by atoms with Crippen LogP contribution in [-0.4, -0.2) is 20.9 Å². The molecule has 2 aromatic carbocycles. The maximum absolute atomic E-state index is 12.4. The van der Waals surface area contributed by atoms with Crippen molar-refractivity contribution in [3.8, 4) is 5.75 Å². The van der Waals surface area contributed by atoms with Gasteiger partial charge in [-0.05, 0) is 42.5 Å². The molecule has 0 fully saturated rings. The molecule has 0 radical (unpaired) electrons. The van der Waals surface area contributed by atoms with Gasteiger partial charge in [0.2, 0.25) is 15.9 Å². The van der Waals surface area contributed by atoms with Crippen LogP contribution in [0.4, 0.5) is 14.5 Å². The molecule has 2 rings (SSSR count). The van der Waals surface area contributed by atoms with E-state index in [-0.39, 0.29) is 21.9 Å². The van der Waals surface area contributed by atoms with Gasteiger partial charge >= 0.3 is 6.61 Å². The van der Waals surface area contributed by atoms with Gasteiger partial charge in [0, 0.05) is 21.8 Å². The molecule has 6 nitrogen and oxygen atoms in total. The molecule has 2 aromatic rings. The van der Waals surface area contributed by atoms with Gasteiger partial charge in [-0.3, -0.25) is 4.79 Å². The summed E-state index contributed by atoms with van der Waals surface area (Å²) in [5, 5.41) is 7.48. The second kappa shape index (κ2) is 8.39.